The summed E-state index contributed by atoms with van der Waals surface area (Å²) >= 11 is 1.86. The molecule has 0 amide bonds. The molecule has 0 N–H and O–H groups in total. The number of nitrogens with zero attached hydrogens (tertiary/aromatic N) is 4. The molecule has 0 fully saturated rings. The Bertz CT molecular complexity index is 1690. The van der Waals surface area contributed by atoms with Crippen LogP contribution in [0, 0.1) is 45.3 Å². The van der Waals surface area contributed by atoms with Gasteiger partial charge >= 0.3 is 12.4 Å². The average molecular weight is 555 g/mol. The summed E-state index contributed by atoms with van der Waals surface area (Å²) in [5.41, 5.74) is -1.50. The third-order valence-electron chi connectivity index (χ3n) is 5.43. The molecule has 0 bridgehead atoms. The first-order valence-electron chi connectivity index (χ1n) is 10.2. The summed E-state index contributed by atoms with van der Waals surface area (Å²) in [5, 5.41) is 38.1. The maximum Gasteiger partial charge on any atom is 0.416 e. The van der Waals surface area contributed by atoms with E-state index in [0.29, 0.717) is 9.40 Å². The van der Waals surface area contributed by atoms with Crippen LogP contribution in [0.2, 0.25) is 0 Å². The van der Waals surface area contributed by atoms with Crippen molar-refractivity contribution >= 4 is 43.2 Å². The number of fused-ring (bicyclic) bond motifs is 1. The Hall–Kier alpha value is -4.62. The third-order valence-corrected chi connectivity index (χ3v) is 8.00. The van der Waals surface area contributed by atoms with Crippen LogP contribution in [0.5, 0.6) is 0 Å². The van der Waals surface area contributed by atoms with E-state index in [1.807, 2.05) is 0 Å². The molecule has 4 aromatic rings. The zero-order valence-corrected chi connectivity index (χ0v) is 20.1. The van der Waals surface area contributed by atoms with E-state index in [9.17, 15) is 47.4 Å². The SMILES string of the molecule is N#CC(C#N)=c1sc2c(-c3ccc(C(F)(F)F)cc3)c(=C(C#N)C#N)sc2c1-c1ccc(C(F)(F)F)cc1. The molecule has 0 saturated heterocycles. The number of benzene rings is 2. The lowest BCUT2D eigenvalue weighted by Gasteiger charge is -2.07. The lowest BCUT2D eigenvalue weighted by molar-refractivity contribution is -0.138. The second-order valence-corrected chi connectivity index (χ2v) is 9.66. The molecule has 12 heteroatoms. The molecular weight excluding hydrogens is 546 g/mol. The minimum atomic E-state index is -4.60. The summed E-state index contributed by atoms with van der Waals surface area (Å²) in [7, 11) is 0. The van der Waals surface area contributed by atoms with Crippen LogP contribution in [0.15, 0.2) is 48.5 Å². The summed E-state index contributed by atoms with van der Waals surface area (Å²) in [6.07, 6.45) is -9.20. The minimum Gasteiger partial charge on any atom is -0.192 e. The molecule has 0 aliphatic rings. The normalized spacial score (nSPS) is 11.3. The topological polar surface area (TPSA) is 95.2 Å². The lowest BCUT2D eigenvalue weighted by Crippen LogP contribution is -2.06. The molecule has 0 unspecified atom stereocenters. The van der Waals surface area contributed by atoms with Crippen LogP contribution in [0.4, 0.5) is 26.3 Å². The summed E-state index contributed by atoms with van der Waals surface area (Å²) in [4.78, 5) is 0. The van der Waals surface area contributed by atoms with Gasteiger partial charge in [0.15, 0.2) is 0 Å². The molecule has 186 valence electrons. The van der Waals surface area contributed by atoms with E-state index in [1.165, 1.54) is 24.3 Å². The van der Waals surface area contributed by atoms with Gasteiger partial charge in [0.1, 0.15) is 35.4 Å². The first-order chi connectivity index (χ1) is 17.9. The van der Waals surface area contributed by atoms with Gasteiger partial charge in [0.25, 0.3) is 0 Å². The predicted octanol–water partition coefficient (Wildman–Crippen LogP) is 6.73. The summed E-state index contributed by atoms with van der Waals surface area (Å²) in [6.45, 7) is 0. The van der Waals surface area contributed by atoms with Gasteiger partial charge in [-0.25, -0.2) is 0 Å². The fourth-order valence-corrected chi connectivity index (χ4v) is 6.57. The molecule has 38 heavy (non-hydrogen) atoms. The molecule has 0 radical (unpaired) electrons. The summed E-state index contributed by atoms with van der Waals surface area (Å²) < 4.78 is 79.8. The molecule has 0 aliphatic carbocycles. The lowest BCUT2D eigenvalue weighted by atomic mass is 10.0. The van der Waals surface area contributed by atoms with Crippen LogP contribution in [0.1, 0.15) is 11.1 Å². The molecule has 4 rings (SSSR count). The second kappa shape index (κ2) is 9.68. The first kappa shape index (κ1) is 26.4. The monoisotopic (exact) mass is 554 g/mol. The minimum absolute atomic E-state index is 0.145. The fourth-order valence-electron chi connectivity index (χ4n) is 3.72. The number of rotatable bonds is 2. The van der Waals surface area contributed by atoms with Crippen molar-refractivity contribution in [3.05, 3.63) is 68.7 Å². The Morgan fingerprint density at radius 2 is 0.816 bits per heavy atom. The van der Waals surface area contributed by atoms with E-state index in [-0.39, 0.29) is 42.5 Å². The van der Waals surface area contributed by atoms with Crippen molar-refractivity contribution in [1.82, 2.24) is 0 Å². The number of thiophene rings is 2. The van der Waals surface area contributed by atoms with Crippen molar-refractivity contribution in [1.29, 1.82) is 21.0 Å². The highest BCUT2D eigenvalue weighted by Crippen LogP contribution is 2.41. The van der Waals surface area contributed by atoms with Crippen LogP contribution in [0.25, 0.3) is 42.8 Å². The summed E-state index contributed by atoms with van der Waals surface area (Å²) in [6, 6.07) is 15.1. The second-order valence-electron chi connectivity index (χ2n) is 7.62. The van der Waals surface area contributed by atoms with Crippen molar-refractivity contribution in [3.63, 3.8) is 0 Å². The molecule has 2 aromatic heterocycles. The Morgan fingerprint density at radius 1 is 0.526 bits per heavy atom. The van der Waals surface area contributed by atoms with Crippen molar-refractivity contribution < 1.29 is 26.3 Å². The Kier molecular flexibility index (Phi) is 6.74. The van der Waals surface area contributed by atoms with Crippen molar-refractivity contribution in [3.8, 4) is 46.5 Å². The van der Waals surface area contributed by atoms with E-state index in [4.69, 9.17) is 0 Å². The highest BCUT2D eigenvalue weighted by atomic mass is 32.1. The maximum atomic E-state index is 13.1. The Morgan fingerprint density at radius 3 is 1.05 bits per heavy atom. The van der Waals surface area contributed by atoms with Crippen molar-refractivity contribution in [2.75, 3.05) is 0 Å². The number of alkyl halides is 6. The third kappa shape index (κ3) is 4.60. The zero-order chi connectivity index (χ0) is 27.8. The highest BCUT2D eigenvalue weighted by molar-refractivity contribution is 7.27. The molecule has 0 spiro atoms. The number of halogens is 6. The number of hydrogen-bond donors (Lipinski definition) is 0. The standard InChI is InChI=1S/C26H8F6N4S2/c27-25(28,29)17-5-1-13(2-6-17)19-21(15(9-33)10-34)37-24-20(22(38-23(19)24)16(11-35)12-36)14-3-7-18(8-4-14)26(30,31)32/h1-8H. The van der Waals surface area contributed by atoms with Gasteiger partial charge in [-0.2, -0.15) is 47.4 Å². The van der Waals surface area contributed by atoms with E-state index >= 15 is 0 Å². The van der Waals surface area contributed by atoms with Crippen LogP contribution < -0.4 is 9.06 Å². The molecule has 0 saturated carbocycles. The largest absolute Gasteiger partial charge is 0.416 e. The number of nitriles is 4. The molecular formula is C26H8F6N4S2. The molecule has 0 aliphatic heterocycles. The quantitative estimate of drug-likeness (QED) is 0.257. The average Bonchev–Trinajstić information content (AvgIpc) is 3.41. The smallest absolute Gasteiger partial charge is 0.192 e. The van der Waals surface area contributed by atoms with Crippen LogP contribution >= 0.6 is 22.7 Å². The van der Waals surface area contributed by atoms with Gasteiger partial charge in [-0.3, -0.25) is 0 Å². The molecule has 4 nitrogen and oxygen atoms in total. The van der Waals surface area contributed by atoms with Gasteiger partial charge in [0, 0.05) is 11.1 Å². The van der Waals surface area contributed by atoms with Gasteiger partial charge in [0.2, 0.25) is 0 Å². The van der Waals surface area contributed by atoms with Gasteiger partial charge in [-0.05, 0) is 35.4 Å². The van der Waals surface area contributed by atoms with E-state index in [2.05, 4.69) is 0 Å². The maximum absolute atomic E-state index is 13.1. The predicted molar refractivity (Wildman–Crippen MR) is 129 cm³/mol. The van der Waals surface area contributed by atoms with Crippen molar-refractivity contribution in [2.24, 2.45) is 0 Å². The summed E-state index contributed by atoms with van der Waals surface area (Å²) in [5.74, 6) is 0. The van der Waals surface area contributed by atoms with Crippen LogP contribution in [-0.4, -0.2) is 0 Å². The van der Waals surface area contributed by atoms with E-state index in [1.54, 1.807) is 24.3 Å². The number of hydrogen-bond acceptors (Lipinski definition) is 6. The van der Waals surface area contributed by atoms with Gasteiger partial charge in [0.05, 0.1) is 29.6 Å². The Balaban J connectivity index is 2.16. The van der Waals surface area contributed by atoms with E-state index < -0.39 is 23.5 Å². The van der Waals surface area contributed by atoms with E-state index in [0.717, 1.165) is 46.9 Å². The molecule has 2 aromatic carbocycles. The molecule has 0 atom stereocenters. The van der Waals surface area contributed by atoms with Crippen molar-refractivity contribution in [2.45, 2.75) is 12.4 Å². The zero-order valence-electron chi connectivity index (χ0n) is 18.5. The van der Waals surface area contributed by atoms with Crippen LogP contribution in [0.3, 0.4) is 0 Å². The first-order valence-corrected chi connectivity index (χ1v) is 11.9. The fraction of sp³-hybridized carbons (Fsp3) is 0.0769. The Labute approximate surface area is 218 Å². The highest BCUT2D eigenvalue weighted by Gasteiger charge is 2.31. The van der Waals surface area contributed by atoms with Gasteiger partial charge < -0.3 is 0 Å². The van der Waals surface area contributed by atoms with Gasteiger partial charge in [-0.15, -0.1) is 22.7 Å². The molecule has 2 heterocycles. The van der Waals surface area contributed by atoms with Crippen LogP contribution in [-0.2, 0) is 12.4 Å². The van der Waals surface area contributed by atoms with Gasteiger partial charge in [-0.1, -0.05) is 24.3 Å².